The molecule has 0 radical (unpaired) electrons. The molecule has 4 N–H and O–H groups in total. The number of hydrogen-bond acceptors (Lipinski definition) is 3. The van der Waals surface area contributed by atoms with Crippen LogP contribution in [-0.4, -0.2) is 35.5 Å². The Morgan fingerprint density at radius 1 is 1.41 bits per heavy atom. The maximum absolute atomic E-state index is 13.1. The first-order valence-corrected chi connectivity index (χ1v) is 4.81. The Balaban J connectivity index is 2.50. The SMILES string of the molecule is O=C(NCC(O)CO)Nc1ccc(F)cc1F. The Bertz CT molecular complexity index is 401. The average Bonchev–Trinajstić information content (AvgIpc) is 2.29. The standard InChI is InChI=1S/C10H12F2N2O3/c11-6-1-2-9(8(12)3-6)14-10(17)13-4-7(16)5-15/h1-3,7,15-16H,4-5H2,(H2,13,14,17). The van der Waals surface area contributed by atoms with Gasteiger partial charge < -0.3 is 20.8 Å². The van der Waals surface area contributed by atoms with E-state index in [1.165, 1.54) is 0 Å². The van der Waals surface area contributed by atoms with Crippen LogP contribution in [0, 0.1) is 11.6 Å². The Morgan fingerprint density at radius 3 is 2.71 bits per heavy atom. The second-order valence-corrected chi connectivity index (χ2v) is 3.30. The molecule has 17 heavy (non-hydrogen) atoms. The zero-order valence-corrected chi connectivity index (χ0v) is 8.78. The van der Waals surface area contributed by atoms with Gasteiger partial charge in [0.05, 0.1) is 18.4 Å². The van der Waals surface area contributed by atoms with Crippen molar-refractivity contribution in [2.45, 2.75) is 6.10 Å². The van der Waals surface area contributed by atoms with Gasteiger partial charge in [-0.1, -0.05) is 0 Å². The van der Waals surface area contributed by atoms with Crippen molar-refractivity contribution in [3.8, 4) is 0 Å². The number of urea groups is 1. The van der Waals surface area contributed by atoms with Crippen LogP contribution in [0.3, 0.4) is 0 Å². The van der Waals surface area contributed by atoms with Crippen LogP contribution in [0.25, 0.3) is 0 Å². The van der Waals surface area contributed by atoms with Gasteiger partial charge >= 0.3 is 6.03 Å². The first kappa shape index (κ1) is 13.3. The van der Waals surface area contributed by atoms with Crippen molar-refractivity contribution in [2.75, 3.05) is 18.5 Å². The second kappa shape index (κ2) is 6.12. The number of aliphatic hydroxyl groups excluding tert-OH is 2. The van der Waals surface area contributed by atoms with Gasteiger partial charge in [0.1, 0.15) is 11.6 Å². The molecular weight excluding hydrogens is 234 g/mol. The molecule has 94 valence electrons. The van der Waals surface area contributed by atoms with Gasteiger partial charge in [0, 0.05) is 12.6 Å². The summed E-state index contributed by atoms with van der Waals surface area (Å²) in [6, 6.07) is 1.95. The Morgan fingerprint density at radius 2 is 2.12 bits per heavy atom. The number of nitrogens with one attached hydrogen (secondary N) is 2. The lowest BCUT2D eigenvalue weighted by molar-refractivity contribution is 0.0965. The van der Waals surface area contributed by atoms with Gasteiger partial charge in [-0.05, 0) is 12.1 Å². The first-order valence-electron chi connectivity index (χ1n) is 4.81. The van der Waals surface area contributed by atoms with Gasteiger partial charge in [-0.2, -0.15) is 0 Å². The van der Waals surface area contributed by atoms with Gasteiger partial charge in [0.2, 0.25) is 0 Å². The van der Waals surface area contributed by atoms with Crippen LogP contribution >= 0.6 is 0 Å². The van der Waals surface area contributed by atoms with Gasteiger partial charge in [-0.3, -0.25) is 0 Å². The molecule has 1 aromatic rings. The molecular formula is C10H12F2N2O3. The van der Waals surface area contributed by atoms with Crippen LogP contribution in [0.15, 0.2) is 18.2 Å². The normalized spacial score (nSPS) is 12.0. The zero-order chi connectivity index (χ0) is 12.8. The van der Waals surface area contributed by atoms with Crippen molar-refractivity contribution in [1.29, 1.82) is 0 Å². The molecule has 1 rings (SSSR count). The molecule has 0 aliphatic carbocycles. The summed E-state index contributed by atoms with van der Waals surface area (Å²) in [7, 11) is 0. The maximum atomic E-state index is 13.1. The van der Waals surface area contributed by atoms with Gasteiger partial charge in [0.15, 0.2) is 0 Å². The summed E-state index contributed by atoms with van der Waals surface area (Å²) < 4.78 is 25.7. The van der Waals surface area contributed by atoms with E-state index in [-0.39, 0.29) is 12.2 Å². The molecule has 1 atom stereocenters. The predicted octanol–water partition coefficient (Wildman–Crippen LogP) is 0.439. The molecule has 7 heteroatoms. The monoisotopic (exact) mass is 246 g/mol. The van der Waals surface area contributed by atoms with Crippen LogP contribution in [0.4, 0.5) is 19.3 Å². The Kier molecular flexibility index (Phi) is 4.80. The molecule has 0 saturated carbocycles. The summed E-state index contributed by atoms with van der Waals surface area (Å²) in [6.07, 6.45) is -1.08. The summed E-state index contributed by atoms with van der Waals surface area (Å²) in [4.78, 5) is 11.2. The van der Waals surface area contributed by atoms with E-state index in [4.69, 9.17) is 10.2 Å². The molecule has 2 amide bonds. The minimum Gasteiger partial charge on any atom is -0.394 e. The fourth-order valence-electron chi connectivity index (χ4n) is 1.03. The van der Waals surface area contributed by atoms with Crippen molar-refractivity contribution < 1.29 is 23.8 Å². The number of anilines is 1. The molecule has 0 fully saturated rings. The summed E-state index contributed by atoms with van der Waals surface area (Å²) in [5, 5.41) is 21.8. The molecule has 0 saturated heterocycles. The Hall–Kier alpha value is -1.73. The summed E-state index contributed by atoms with van der Waals surface area (Å²) in [5.74, 6) is -1.65. The van der Waals surface area contributed by atoms with E-state index < -0.39 is 30.4 Å². The number of aliphatic hydroxyl groups is 2. The summed E-state index contributed by atoms with van der Waals surface area (Å²) in [6.45, 7) is -0.670. The fourth-order valence-corrected chi connectivity index (χ4v) is 1.03. The quantitative estimate of drug-likeness (QED) is 0.622. The highest BCUT2D eigenvalue weighted by Gasteiger charge is 2.09. The van der Waals surface area contributed by atoms with Gasteiger partial charge in [0.25, 0.3) is 0 Å². The number of amides is 2. The predicted molar refractivity (Wildman–Crippen MR) is 56.5 cm³/mol. The van der Waals surface area contributed by atoms with E-state index in [1.807, 2.05) is 0 Å². The molecule has 5 nitrogen and oxygen atoms in total. The molecule has 0 aromatic heterocycles. The number of benzene rings is 1. The van der Waals surface area contributed by atoms with E-state index in [0.717, 1.165) is 12.1 Å². The molecule has 0 aliphatic heterocycles. The highest BCUT2D eigenvalue weighted by Crippen LogP contribution is 2.14. The largest absolute Gasteiger partial charge is 0.394 e. The molecule has 1 unspecified atom stereocenters. The van der Waals surface area contributed by atoms with E-state index in [0.29, 0.717) is 6.07 Å². The lowest BCUT2D eigenvalue weighted by atomic mass is 10.3. The maximum Gasteiger partial charge on any atom is 0.319 e. The van der Waals surface area contributed by atoms with Crippen molar-refractivity contribution in [2.24, 2.45) is 0 Å². The Labute approximate surface area is 96.1 Å². The number of carbonyl (C=O) groups is 1. The minimum absolute atomic E-state index is 0.175. The molecule has 0 spiro atoms. The van der Waals surface area contributed by atoms with Crippen molar-refractivity contribution in [1.82, 2.24) is 5.32 Å². The van der Waals surface area contributed by atoms with E-state index in [1.54, 1.807) is 0 Å². The molecule has 0 bridgehead atoms. The van der Waals surface area contributed by atoms with Crippen LogP contribution in [0.2, 0.25) is 0 Å². The van der Waals surface area contributed by atoms with Crippen LogP contribution < -0.4 is 10.6 Å². The number of carbonyl (C=O) groups excluding carboxylic acids is 1. The third-order valence-corrected chi connectivity index (χ3v) is 1.89. The first-order chi connectivity index (χ1) is 8.02. The number of rotatable bonds is 4. The lowest BCUT2D eigenvalue weighted by Gasteiger charge is -2.10. The van der Waals surface area contributed by atoms with E-state index >= 15 is 0 Å². The molecule has 0 heterocycles. The average molecular weight is 246 g/mol. The van der Waals surface area contributed by atoms with Crippen LogP contribution in [-0.2, 0) is 0 Å². The number of halogens is 2. The fraction of sp³-hybridized carbons (Fsp3) is 0.300. The summed E-state index contributed by atoms with van der Waals surface area (Å²) in [5.41, 5.74) is -0.178. The third kappa shape index (κ3) is 4.33. The van der Waals surface area contributed by atoms with Crippen LogP contribution in [0.5, 0.6) is 0 Å². The lowest BCUT2D eigenvalue weighted by Crippen LogP contribution is -2.36. The van der Waals surface area contributed by atoms with Crippen molar-refractivity contribution in [3.63, 3.8) is 0 Å². The minimum atomic E-state index is -1.08. The van der Waals surface area contributed by atoms with E-state index in [9.17, 15) is 13.6 Å². The van der Waals surface area contributed by atoms with E-state index in [2.05, 4.69) is 10.6 Å². The van der Waals surface area contributed by atoms with Gasteiger partial charge in [-0.25, -0.2) is 13.6 Å². The smallest absolute Gasteiger partial charge is 0.319 e. The highest BCUT2D eigenvalue weighted by molar-refractivity contribution is 5.89. The second-order valence-electron chi connectivity index (χ2n) is 3.30. The van der Waals surface area contributed by atoms with Crippen molar-refractivity contribution >= 4 is 11.7 Å². The number of hydrogen-bond donors (Lipinski definition) is 4. The molecule has 1 aromatic carbocycles. The van der Waals surface area contributed by atoms with Crippen LogP contribution in [0.1, 0.15) is 0 Å². The van der Waals surface area contributed by atoms with Gasteiger partial charge in [-0.15, -0.1) is 0 Å². The highest BCUT2D eigenvalue weighted by atomic mass is 19.1. The zero-order valence-electron chi connectivity index (χ0n) is 8.78. The summed E-state index contributed by atoms with van der Waals surface area (Å²) >= 11 is 0. The molecule has 0 aliphatic rings. The topological polar surface area (TPSA) is 81.6 Å². The third-order valence-electron chi connectivity index (χ3n) is 1.89. The van der Waals surface area contributed by atoms with Crippen molar-refractivity contribution in [3.05, 3.63) is 29.8 Å².